The van der Waals surface area contributed by atoms with Crippen molar-refractivity contribution < 1.29 is 18.0 Å². The molecule has 7 N–H and O–H groups in total. The summed E-state index contributed by atoms with van der Waals surface area (Å²) < 4.78 is 27.5. The van der Waals surface area contributed by atoms with Gasteiger partial charge in [-0.05, 0) is 36.6 Å². The summed E-state index contributed by atoms with van der Waals surface area (Å²) in [7, 11) is -3.83. The van der Waals surface area contributed by atoms with Gasteiger partial charge in [0, 0.05) is 23.4 Å². The van der Waals surface area contributed by atoms with Crippen molar-refractivity contribution in [2.75, 3.05) is 12.8 Å². The van der Waals surface area contributed by atoms with Gasteiger partial charge in [0.1, 0.15) is 17.9 Å². The average Bonchev–Trinajstić information content (AvgIpc) is 3.60. The first kappa shape index (κ1) is 27.2. The van der Waals surface area contributed by atoms with E-state index in [4.69, 9.17) is 11.1 Å². The summed E-state index contributed by atoms with van der Waals surface area (Å²) in [6, 6.07) is 17.0. The molecule has 4 rings (SSSR count). The number of carbonyl (C=O) groups excluding carboxylic acids is 2. The molecule has 1 saturated heterocycles. The van der Waals surface area contributed by atoms with Crippen molar-refractivity contribution in [1.82, 2.24) is 20.3 Å². The van der Waals surface area contributed by atoms with Gasteiger partial charge in [-0.2, -0.15) is 0 Å². The monoisotopic (exact) mass is 536 g/mol. The fraction of sp³-hybridized carbons (Fsp3) is 0.296. The van der Waals surface area contributed by atoms with Gasteiger partial charge < -0.3 is 21.4 Å². The number of carbonyl (C=O) groups is 2. The van der Waals surface area contributed by atoms with E-state index >= 15 is 0 Å². The van der Waals surface area contributed by atoms with Crippen molar-refractivity contribution in [1.29, 1.82) is 5.41 Å². The number of ketones is 1. The lowest BCUT2D eigenvalue weighted by Gasteiger charge is -2.29. The van der Waals surface area contributed by atoms with E-state index in [2.05, 4.69) is 20.3 Å². The second kappa shape index (κ2) is 11.7. The van der Waals surface area contributed by atoms with E-state index < -0.39 is 40.0 Å². The Balaban J connectivity index is 1.75. The van der Waals surface area contributed by atoms with E-state index in [9.17, 15) is 18.0 Å². The van der Waals surface area contributed by atoms with Gasteiger partial charge in [-0.25, -0.2) is 13.1 Å². The number of nitrogens with two attached hydrogens (primary N) is 1. The molecule has 1 aliphatic rings. The van der Waals surface area contributed by atoms with Crippen molar-refractivity contribution in [2.24, 2.45) is 5.73 Å². The number of sulfonamides is 1. The van der Waals surface area contributed by atoms with E-state index in [1.165, 1.54) is 6.20 Å². The summed E-state index contributed by atoms with van der Waals surface area (Å²) in [5.74, 6) is -1.79. The van der Waals surface area contributed by atoms with Crippen LogP contribution in [-0.2, 0) is 19.6 Å². The summed E-state index contributed by atoms with van der Waals surface area (Å²) in [5.41, 5.74) is 7.81. The van der Waals surface area contributed by atoms with Crippen LogP contribution in [0.5, 0.6) is 0 Å². The van der Waals surface area contributed by atoms with Gasteiger partial charge in [0.25, 0.3) is 0 Å². The molecule has 2 aromatic carbocycles. The quantitative estimate of drug-likeness (QED) is 0.160. The zero-order valence-corrected chi connectivity index (χ0v) is 21.8. The minimum absolute atomic E-state index is 0.186. The van der Waals surface area contributed by atoms with Crippen LogP contribution >= 0.6 is 0 Å². The third-order valence-electron chi connectivity index (χ3n) is 6.58. The molecular formula is C27H32N6O4S. The SMILES string of the molecule is CS(=O)(=O)N[C@@H](C(=O)NC(C(=O)[C@@H]1CCCN1)c1cc(C(=N)N)c[nH]1)C(c1ccccc1)c1ccccc1. The molecule has 0 radical (unpaired) electrons. The Kier molecular flexibility index (Phi) is 8.40. The van der Waals surface area contributed by atoms with E-state index in [0.717, 1.165) is 23.8 Å². The van der Waals surface area contributed by atoms with Crippen molar-refractivity contribution in [3.05, 3.63) is 95.3 Å². The summed E-state index contributed by atoms with van der Waals surface area (Å²) in [4.78, 5) is 30.5. The van der Waals surface area contributed by atoms with Crippen molar-refractivity contribution in [3.63, 3.8) is 0 Å². The second-order valence-electron chi connectivity index (χ2n) is 9.42. The Morgan fingerprint density at radius 3 is 2.13 bits per heavy atom. The fourth-order valence-corrected chi connectivity index (χ4v) is 5.50. The highest BCUT2D eigenvalue weighted by Gasteiger charge is 2.38. The number of Topliss-reactive ketones (excluding diaryl/α,β-unsaturated/α-hetero) is 1. The number of hydrogen-bond acceptors (Lipinski definition) is 6. The molecule has 1 aromatic heterocycles. The number of aromatic amines is 1. The molecule has 38 heavy (non-hydrogen) atoms. The van der Waals surface area contributed by atoms with Crippen LogP contribution in [0.2, 0.25) is 0 Å². The maximum Gasteiger partial charge on any atom is 0.240 e. The van der Waals surface area contributed by atoms with Crippen LogP contribution in [-0.4, -0.2) is 55.8 Å². The normalized spacial score (nSPS) is 17.2. The van der Waals surface area contributed by atoms with Crippen molar-refractivity contribution in [2.45, 2.75) is 36.9 Å². The largest absolute Gasteiger partial charge is 0.384 e. The number of benzene rings is 2. The average molecular weight is 537 g/mol. The maximum absolute atomic E-state index is 14.0. The van der Waals surface area contributed by atoms with Gasteiger partial charge in [0.2, 0.25) is 15.9 Å². The number of aromatic nitrogens is 1. The molecule has 0 spiro atoms. The highest BCUT2D eigenvalue weighted by atomic mass is 32.2. The van der Waals surface area contributed by atoms with Crippen LogP contribution < -0.4 is 21.1 Å². The third kappa shape index (κ3) is 6.55. The van der Waals surface area contributed by atoms with Gasteiger partial charge in [-0.15, -0.1) is 0 Å². The zero-order chi connectivity index (χ0) is 27.3. The van der Waals surface area contributed by atoms with Crippen LogP contribution in [0.4, 0.5) is 0 Å². The molecule has 3 aromatic rings. The smallest absolute Gasteiger partial charge is 0.240 e. The molecule has 1 amide bonds. The lowest BCUT2D eigenvalue weighted by atomic mass is 9.84. The Morgan fingerprint density at radius 1 is 1.05 bits per heavy atom. The molecule has 1 fully saturated rings. The molecule has 200 valence electrons. The molecule has 0 aliphatic carbocycles. The number of rotatable bonds is 11. The van der Waals surface area contributed by atoms with Crippen LogP contribution in [0.25, 0.3) is 0 Å². The number of amidine groups is 1. The third-order valence-corrected chi connectivity index (χ3v) is 7.26. The Morgan fingerprint density at radius 2 is 1.66 bits per heavy atom. The number of nitrogen functional groups attached to an aromatic ring is 1. The Bertz CT molecular complexity index is 1350. The van der Waals surface area contributed by atoms with Gasteiger partial charge in [-0.1, -0.05) is 60.7 Å². The lowest BCUT2D eigenvalue weighted by Crippen LogP contribution is -2.53. The summed E-state index contributed by atoms with van der Waals surface area (Å²) in [6.07, 6.45) is 3.93. The van der Waals surface area contributed by atoms with E-state index in [0.29, 0.717) is 24.2 Å². The predicted octanol–water partition coefficient (Wildman–Crippen LogP) is 1.53. The minimum Gasteiger partial charge on any atom is -0.384 e. The second-order valence-corrected chi connectivity index (χ2v) is 11.2. The fourth-order valence-electron chi connectivity index (χ4n) is 4.80. The molecule has 2 heterocycles. The first-order valence-corrected chi connectivity index (χ1v) is 14.2. The van der Waals surface area contributed by atoms with Gasteiger partial charge in [0.15, 0.2) is 5.78 Å². The van der Waals surface area contributed by atoms with E-state index in [1.54, 1.807) is 6.07 Å². The Hall–Kier alpha value is -3.80. The van der Waals surface area contributed by atoms with E-state index in [1.807, 2.05) is 60.7 Å². The standard InChI is InChI=1S/C27H32N6O4S/c1-38(36,37)33-24(22(17-9-4-2-5-10-17)18-11-6-3-7-12-18)27(35)32-23(25(34)20-13-8-14-30-20)21-15-19(16-31-21)26(28)29/h2-7,9-12,15-16,20,22-24,30-31,33H,8,13-14H2,1H3,(H3,28,29)(H,32,35)/t20-,23?,24+/m0/s1. The lowest BCUT2D eigenvalue weighted by molar-refractivity contribution is -0.130. The number of H-pyrrole nitrogens is 1. The number of hydrogen-bond donors (Lipinski definition) is 6. The molecule has 0 saturated carbocycles. The molecule has 0 bridgehead atoms. The summed E-state index contributed by atoms with van der Waals surface area (Å²) in [6.45, 7) is 0.683. The van der Waals surface area contributed by atoms with Crippen LogP contribution in [0.15, 0.2) is 72.9 Å². The highest BCUT2D eigenvalue weighted by Crippen LogP contribution is 2.30. The first-order chi connectivity index (χ1) is 18.1. The summed E-state index contributed by atoms with van der Waals surface area (Å²) >= 11 is 0. The molecule has 11 heteroatoms. The van der Waals surface area contributed by atoms with Crippen molar-refractivity contribution >= 4 is 27.5 Å². The number of nitrogens with one attached hydrogen (secondary N) is 5. The Labute approximate surface area is 222 Å². The molecular weight excluding hydrogens is 504 g/mol. The topological polar surface area (TPSA) is 170 Å². The van der Waals surface area contributed by atoms with Crippen LogP contribution in [0.3, 0.4) is 0 Å². The zero-order valence-electron chi connectivity index (χ0n) is 21.0. The molecule has 3 atom stereocenters. The predicted molar refractivity (Wildman–Crippen MR) is 145 cm³/mol. The van der Waals surface area contributed by atoms with Gasteiger partial charge >= 0.3 is 0 Å². The minimum atomic E-state index is -3.83. The molecule has 1 aliphatic heterocycles. The molecule has 10 nitrogen and oxygen atoms in total. The summed E-state index contributed by atoms with van der Waals surface area (Å²) in [5, 5.41) is 13.7. The first-order valence-electron chi connectivity index (χ1n) is 12.3. The van der Waals surface area contributed by atoms with E-state index in [-0.39, 0.29) is 11.6 Å². The van der Waals surface area contributed by atoms with Crippen LogP contribution in [0, 0.1) is 5.41 Å². The number of amides is 1. The van der Waals surface area contributed by atoms with Crippen LogP contribution in [0.1, 0.15) is 47.2 Å². The van der Waals surface area contributed by atoms with Gasteiger partial charge in [-0.3, -0.25) is 15.0 Å². The maximum atomic E-state index is 14.0. The highest BCUT2D eigenvalue weighted by molar-refractivity contribution is 7.88. The van der Waals surface area contributed by atoms with Gasteiger partial charge in [0.05, 0.1) is 12.3 Å². The molecule has 1 unspecified atom stereocenters. The van der Waals surface area contributed by atoms with Crippen molar-refractivity contribution in [3.8, 4) is 0 Å².